The van der Waals surface area contributed by atoms with Crippen LogP contribution in [0.4, 0.5) is 5.95 Å². The van der Waals surface area contributed by atoms with Gasteiger partial charge in [0.2, 0.25) is 5.95 Å². The molecule has 6 nitrogen and oxygen atoms in total. The fraction of sp³-hybridized carbons (Fsp3) is 0.462. The molecule has 7 heteroatoms. The van der Waals surface area contributed by atoms with Gasteiger partial charge in [0.15, 0.2) is 0 Å². The third kappa shape index (κ3) is 3.69. The first kappa shape index (κ1) is 14.8. The average molecular weight is 340 g/mol. The van der Waals surface area contributed by atoms with Crippen LogP contribution in [-0.2, 0) is 13.1 Å². The van der Waals surface area contributed by atoms with Crippen LogP contribution in [0, 0.1) is 0 Å². The zero-order chi connectivity index (χ0) is 14.5. The third-order valence-electron chi connectivity index (χ3n) is 2.64. The molecule has 0 unspecified atom stereocenters. The Bertz CT molecular complexity index is 570. The molecule has 1 heterocycles. The van der Waals surface area contributed by atoms with Crippen LogP contribution in [0.2, 0.25) is 0 Å². The average Bonchev–Trinajstić information content (AvgIpc) is 2.86. The molecule has 0 aliphatic carbocycles. The fourth-order valence-electron chi connectivity index (χ4n) is 1.73. The number of nitrogens with zero attached hydrogens (tertiary/aromatic N) is 4. The Kier molecular flexibility index (Phi) is 4.94. The van der Waals surface area contributed by atoms with E-state index in [1.807, 2.05) is 39.0 Å². The lowest BCUT2D eigenvalue weighted by molar-refractivity contribution is 0.241. The number of nitrogens with one attached hydrogen (secondary N) is 1. The highest BCUT2D eigenvalue weighted by Crippen LogP contribution is 2.27. The largest absolute Gasteiger partial charge is 0.490 e. The summed E-state index contributed by atoms with van der Waals surface area (Å²) in [6.07, 6.45) is 0.157. The van der Waals surface area contributed by atoms with Crippen molar-refractivity contribution in [1.82, 2.24) is 20.2 Å². The number of aryl methyl sites for hydroxylation is 1. The molecule has 108 valence electrons. The van der Waals surface area contributed by atoms with Crippen molar-refractivity contribution >= 4 is 21.9 Å². The molecule has 0 aliphatic rings. The van der Waals surface area contributed by atoms with E-state index in [2.05, 4.69) is 36.8 Å². The van der Waals surface area contributed by atoms with E-state index >= 15 is 0 Å². The number of ether oxygens (including phenoxy) is 1. The number of hydrogen-bond acceptors (Lipinski definition) is 5. The highest BCUT2D eigenvalue weighted by atomic mass is 79.9. The second-order valence-corrected chi connectivity index (χ2v) is 5.46. The van der Waals surface area contributed by atoms with Gasteiger partial charge in [-0.1, -0.05) is 11.2 Å². The molecule has 0 bridgehead atoms. The zero-order valence-corrected chi connectivity index (χ0v) is 13.4. The molecule has 0 fully saturated rings. The Morgan fingerprint density at radius 2 is 2.20 bits per heavy atom. The van der Waals surface area contributed by atoms with Gasteiger partial charge in [0.25, 0.3) is 0 Å². The zero-order valence-electron chi connectivity index (χ0n) is 11.8. The summed E-state index contributed by atoms with van der Waals surface area (Å²) in [4.78, 5) is 0. The molecule has 20 heavy (non-hydrogen) atoms. The minimum atomic E-state index is 0.157. The number of halogens is 1. The Morgan fingerprint density at radius 3 is 2.85 bits per heavy atom. The van der Waals surface area contributed by atoms with E-state index in [9.17, 15) is 0 Å². The van der Waals surface area contributed by atoms with E-state index in [-0.39, 0.29) is 6.10 Å². The van der Waals surface area contributed by atoms with Gasteiger partial charge in [-0.2, -0.15) is 0 Å². The summed E-state index contributed by atoms with van der Waals surface area (Å²) in [5.74, 6) is 1.52. The predicted molar refractivity (Wildman–Crippen MR) is 80.7 cm³/mol. The lowest BCUT2D eigenvalue weighted by Gasteiger charge is -2.12. The van der Waals surface area contributed by atoms with Crippen LogP contribution in [0.5, 0.6) is 5.75 Å². The van der Waals surface area contributed by atoms with Crippen LogP contribution in [0.3, 0.4) is 0 Å². The highest BCUT2D eigenvalue weighted by Gasteiger charge is 2.06. The van der Waals surface area contributed by atoms with Gasteiger partial charge in [-0.15, -0.1) is 0 Å². The summed E-state index contributed by atoms with van der Waals surface area (Å²) < 4.78 is 8.34. The standard InChI is InChI=1S/C13H18BrN5O/c1-4-19-13(16-17-18-19)15-8-10-5-6-12(11(14)7-10)20-9(2)3/h5-7,9H,4,8H2,1-3H3,(H,15,16,18). The number of benzene rings is 1. The number of tetrazole rings is 1. The molecule has 1 aromatic heterocycles. The summed E-state index contributed by atoms with van der Waals surface area (Å²) in [5.41, 5.74) is 1.12. The van der Waals surface area contributed by atoms with E-state index in [1.165, 1.54) is 0 Å². The van der Waals surface area contributed by atoms with Crippen molar-refractivity contribution in [2.24, 2.45) is 0 Å². The maximum atomic E-state index is 5.68. The summed E-state index contributed by atoms with van der Waals surface area (Å²) in [5, 5.41) is 14.7. The first-order valence-electron chi connectivity index (χ1n) is 6.55. The van der Waals surface area contributed by atoms with Gasteiger partial charge in [-0.3, -0.25) is 0 Å². The molecular formula is C13H18BrN5O. The Labute approximate surface area is 126 Å². The molecule has 0 saturated heterocycles. The van der Waals surface area contributed by atoms with Crippen molar-refractivity contribution in [3.8, 4) is 5.75 Å². The van der Waals surface area contributed by atoms with Crippen molar-refractivity contribution in [3.63, 3.8) is 0 Å². The number of rotatable bonds is 6. The van der Waals surface area contributed by atoms with Crippen molar-refractivity contribution in [3.05, 3.63) is 28.2 Å². The normalized spacial score (nSPS) is 10.8. The van der Waals surface area contributed by atoms with Crippen LogP contribution >= 0.6 is 15.9 Å². The van der Waals surface area contributed by atoms with E-state index in [4.69, 9.17) is 4.74 Å². The maximum absolute atomic E-state index is 5.68. The fourth-order valence-corrected chi connectivity index (χ4v) is 2.25. The van der Waals surface area contributed by atoms with Gasteiger partial charge in [0.05, 0.1) is 10.6 Å². The molecule has 0 atom stereocenters. The molecule has 2 rings (SSSR count). The van der Waals surface area contributed by atoms with Gasteiger partial charge in [-0.25, -0.2) is 4.68 Å². The quantitative estimate of drug-likeness (QED) is 0.876. The molecule has 1 aromatic carbocycles. The smallest absolute Gasteiger partial charge is 0.243 e. The molecule has 0 radical (unpaired) electrons. The molecule has 0 spiro atoms. The van der Waals surface area contributed by atoms with Crippen LogP contribution < -0.4 is 10.1 Å². The number of aromatic nitrogens is 4. The van der Waals surface area contributed by atoms with Crippen LogP contribution in [0.1, 0.15) is 26.3 Å². The maximum Gasteiger partial charge on any atom is 0.243 e. The lowest BCUT2D eigenvalue weighted by Crippen LogP contribution is -2.08. The summed E-state index contributed by atoms with van der Waals surface area (Å²) >= 11 is 3.52. The van der Waals surface area contributed by atoms with Crippen molar-refractivity contribution in [1.29, 1.82) is 0 Å². The predicted octanol–water partition coefficient (Wildman–Crippen LogP) is 2.85. The van der Waals surface area contributed by atoms with E-state index in [0.717, 1.165) is 22.3 Å². The molecule has 2 aromatic rings. The minimum absolute atomic E-state index is 0.157. The minimum Gasteiger partial charge on any atom is -0.490 e. The van der Waals surface area contributed by atoms with Crippen LogP contribution in [-0.4, -0.2) is 26.3 Å². The second-order valence-electron chi connectivity index (χ2n) is 4.60. The molecular weight excluding hydrogens is 322 g/mol. The third-order valence-corrected chi connectivity index (χ3v) is 3.26. The Hall–Kier alpha value is -1.63. The van der Waals surface area contributed by atoms with Crippen LogP contribution in [0.15, 0.2) is 22.7 Å². The molecule has 0 aliphatic heterocycles. The monoisotopic (exact) mass is 339 g/mol. The van der Waals surface area contributed by atoms with Gasteiger partial charge in [0.1, 0.15) is 5.75 Å². The van der Waals surface area contributed by atoms with Crippen molar-refractivity contribution in [2.45, 2.75) is 40.0 Å². The van der Waals surface area contributed by atoms with E-state index < -0.39 is 0 Å². The summed E-state index contributed by atoms with van der Waals surface area (Å²) in [6, 6.07) is 6.02. The molecule has 1 N–H and O–H groups in total. The highest BCUT2D eigenvalue weighted by molar-refractivity contribution is 9.10. The van der Waals surface area contributed by atoms with E-state index in [1.54, 1.807) is 4.68 Å². The van der Waals surface area contributed by atoms with Gasteiger partial charge in [0, 0.05) is 13.1 Å². The number of hydrogen-bond donors (Lipinski definition) is 1. The van der Waals surface area contributed by atoms with Crippen molar-refractivity contribution < 1.29 is 4.74 Å². The van der Waals surface area contributed by atoms with Crippen LogP contribution in [0.25, 0.3) is 0 Å². The molecule has 0 saturated carbocycles. The second kappa shape index (κ2) is 6.69. The topological polar surface area (TPSA) is 64.9 Å². The van der Waals surface area contributed by atoms with Gasteiger partial charge in [-0.05, 0) is 64.8 Å². The first-order valence-corrected chi connectivity index (χ1v) is 7.34. The summed E-state index contributed by atoms with van der Waals surface area (Å²) in [6.45, 7) is 7.40. The number of anilines is 1. The molecule has 0 amide bonds. The first-order chi connectivity index (χ1) is 9.60. The SMILES string of the molecule is CCn1nnnc1NCc1ccc(OC(C)C)c(Br)c1. The van der Waals surface area contributed by atoms with Gasteiger partial charge >= 0.3 is 0 Å². The summed E-state index contributed by atoms with van der Waals surface area (Å²) in [7, 11) is 0. The van der Waals surface area contributed by atoms with Crippen molar-refractivity contribution in [2.75, 3.05) is 5.32 Å². The lowest BCUT2D eigenvalue weighted by atomic mass is 10.2. The van der Waals surface area contributed by atoms with Gasteiger partial charge < -0.3 is 10.1 Å². The van der Waals surface area contributed by atoms with E-state index in [0.29, 0.717) is 12.5 Å². The Balaban J connectivity index is 2.02. The Morgan fingerprint density at radius 1 is 1.40 bits per heavy atom.